The molecule has 0 amide bonds. The molecule has 136 valence electrons. The van der Waals surface area contributed by atoms with E-state index in [9.17, 15) is 8.42 Å². The molecule has 5 nitrogen and oxygen atoms in total. The van der Waals surface area contributed by atoms with E-state index in [-0.39, 0.29) is 4.90 Å². The number of aromatic nitrogens is 2. The number of rotatable bonds is 5. The molecule has 3 rings (SSSR count). The summed E-state index contributed by atoms with van der Waals surface area (Å²) < 4.78 is 29.9. The molecule has 6 heteroatoms. The Morgan fingerprint density at radius 3 is 2.38 bits per heavy atom. The average Bonchev–Trinajstić information content (AvgIpc) is 2.87. The minimum absolute atomic E-state index is 0.268. The maximum Gasteiger partial charge on any atom is 0.261 e. The van der Waals surface area contributed by atoms with Crippen LogP contribution in [-0.2, 0) is 16.6 Å². The number of benzene rings is 2. The van der Waals surface area contributed by atoms with Crippen LogP contribution < -0.4 is 4.72 Å². The maximum atomic E-state index is 12.7. The van der Waals surface area contributed by atoms with Crippen LogP contribution in [0, 0.1) is 27.7 Å². The van der Waals surface area contributed by atoms with Gasteiger partial charge in [0.1, 0.15) is 0 Å². The molecule has 0 fully saturated rings. The first kappa shape index (κ1) is 18.2. The van der Waals surface area contributed by atoms with Crippen molar-refractivity contribution in [1.29, 1.82) is 0 Å². The van der Waals surface area contributed by atoms with Crippen LogP contribution in [0.2, 0.25) is 0 Å². The van der Waals surface area contributed by atoms with Crippen LogP contribution in [0.4, 0.5) is 5.69 Å². The van der Waals surface area contributed by atoms with Crippen molar-refractivity contribution in [3.63, 3.8) is 0 Å². The van der Waals surface area contributed by atoms with Crippen LogP contribution in [0.15, 0.2) is 53.4 Å². The van der Waals surface area contributed by atoms with E-state index >= 15 is 0 Å². The predicted molar refractivity (Wildman–Crippen MR) is 104 cm³/mol. The number of hydrogen-bond donors (Lipinski definition) is 1. The number of nitrogens with one attached hydrogen (secondary N) is 1. The second-order valence-electron chi connectivity index (χ2n) is 6.64. The standard InChI is InChI=1S/C20H23N3O2S/c1-14-8-9-20(10-15(14)2)26(24,25)22-19-7-5-6-18(12-19)13-23-17(4)11-16(3)21-23/h5-12,22H,13H2,1-4H3. The maximum absolute atomic E-state index is 12.7. The molecule has 1 heterocycles. The van der Waals surface area contributed by atoms with Gasteiger partial charge in [-0.3, -0.25) is 9.40 Å². The van der Waals surface area contributed by atoms with Crippen molar-refractivity contribution >= 4 is 15.7 Å². The highest BCUT2D eigenvalue weighted by Gasteiger charge is 2.15. The summed E-state index contributed by atoms with van der Waals surface area (Å²) in [4.78, 5) is 0.268. The lowest BCUT2D eigenvalue weighted by atomic mass is 10.1. The molecular formula is C20H23N3O2S. The molecule has 2 aromatic carbocycles. The van der Waals surface area contributed by atoms with Crippen molar-refractivity contribution in [3.05, 3.63) is 76.6 Å². The lowest BCUT2D eigenvalue weighted by molar-refractivity contribution is 0.601. The van der Waals surface area contributed by atoms with Gasteiger partial charge in [0.2, 0.25) is 0 Å². The number of aryl methyl sites for hydroxylation is 4. The summed E-state index contributed by atoms with van der Waals surface area (Å²) in [5, 5.41) is 4.45. The highest BCUT2D eigenvalue weighted by molar-refractivity contribution is 7.92. The first-order valence-electron chi connectivity index (χ1n) is 8.45. The van der Waals surface area contributed by atoms with Crippen molar-refractivity contribution in [2.24, 2.45) is 0 Å². The summed E-state index contributed by atoms with van der Waals surface area (Å²) in [6, 6.07) is 14.6. The third kappa shape index (κ3) is 3.96. The molecule has 1 N–H and O–H groups in total. The van der Waals surface area contributed by atoms with Crippen LogP contribution in [0.25, 0.3) is 0 Å². The van der Waals surface area contributed by atoms with Gasteiger partial charge in [-0.2, -0.15) is 5.10 Å². The summed E-state index contributed by atoms with van der Waals surface area (Å²) in [5.74, 6) is 0. The van der Waals surface area contributed by atoms with E-state index in [2.05, 4.69) is 9.82 Å². The summed E-state index contributed by atoms with van der Waals surface area (Å²) in [6.45, 7) is 8.42. The molecule has 3 aromatic rings. The fourth-order valence-electron chi connectivity index (χ4n) is 2.84. The van der Waals surface area contributed by atoms with E-state index < -0.39 is 10.0 Å². The first-order valence-corrected chi connectivity index (χ1v) is 9.93. The molecule has 0 bridgehead atoms. The fraction of sp³-hybridized carbons (Fsp3) is 0.250. The Hall–Kier alpha value is -2.60. The molecule has 26 heavy (non-hydrogen) atoms. The van der Waals surface area contributed by atoms with Crippen LogP contribution >= 0.6 is 0 Å². The molecule has 0 aliphatic carbocycles. The lowest BCUT2D eigenvalue weighted by Gasteiger charge is -2.11. The van der Waals surface area contributed by atoms with Crippen LogP contribution in [-0.4, -0.2) is 18.2 Å². The minimum Gasteiger partial charge on any atom is -0.280 e. The zero-order valence-electron chi connectivity index (χ0n) is 15.4. The number of nitrogens with zero attached hydrogens (tertiary/aromatic N) is 2. The predicted octanol–water partition coefficient (Wildman–Crippen LogP) is 3.97. The molecule has 0 aliphatic rings. The second-order valence-corrected chi connectivity index (χ2v) is 8.32. The van der Waals surface area contributed by atoms with Gasteiger partial charge in [-0.15, -0.1) is 0 Å². The van der Waals surface area contributed by atoms with Crippen LogP contribution in [0.3, 0.4) is 0 Å². The van der Waals surface area contributed by atoms with Gasteiger partial charge in [0, 0.05) is 11.4 Å². The molecule has 0 spiro atoms. The zero-order valence-corrected chi connectivity index (χ0v) is 16.3. The number of hydrogen-bond acceptors (Lipinski definition) is 3. The van der Waals surface area contributed by atoms with Crippen LogP contribution in [0.5, 0.6) is 0 Å². The summed E-state index contributed by atoms with van der Waals surface area (Å²) in [6.07, 6.45) is 0. The molecule has 0 saturated carbocycles. The third-order valence-electron chi connectivity index (χ3n) is 4.40. The van der Waals surface area contributed by atoms with Gasteiger partial charge >= 0.3 is 0 Å². The Kier molecular flexibility index (Phi) is 4.87. The highest BCUT2D eigenvalue weighted by atomic mass is 32.2. The smallest absolute Gasteiger partial charge is 0.261 e. The Balaban J connectivity index is 1.83. The van der Waals surface area contributed by atoms with E-state index in [1.807, 2.05) is 62.7 Å². The van der Waals surface area contributed by atoms with Gasteiger partial charge in [-0.25, -0.2) is 8.42 Å². The Morgan fingerprint density at radius 1 is 0.962 bits per heavy atom. The molecule has 0 atom stereocenters. The van der Waals surface area contributed by atoms with Gasteiger partial charge in [-0.1, -0.05) is 18.2 Å². The van der Waals surface area contributed by atoms with Crippen LogP contribution in [0.1, 0.15) is 28.1 Å². The Morgan fingerprint density at radius 2 is 1.73 bits per heavy atom. The fourth-order valence-corrected chi connectivity index (χ4v) is 3.97. The van der Waals surface area contributed by atoms with Crippen molar-refractivity contribution in [2.45, 2.75) is 39.1 Å². The summed E-state index contributed by atoms with van der Waals surface area (Å²) >= 11 is 0. The number of sulfonamides is 1. The second kappa shape index (κ2) is 6.96. The summed E-state index contributed by atoms with van der Waals surface area (Å²) in [7, 11) is -3.62. The van der Waals surface area contributed by atoms with E-state index in [0.717, 1.165) is 28.1 Å². The van der Waals surface area contributed by atoms with Crippen molar-refractivity contribution < 1.29 is 8.42 Å². The topological polar surface area (TPSA) is 64.0 Å². The summed E-state index contributed by atoms with van der Waals surface area (Å²) in [5.41, 5.74) is 5.58. The van der Waals surface area contributed by atoms with E-state index in [0.29, 0.717) is 12.2 Å². The van der Waals surface area contributed by atoms with Gasteiger partial charge in [0.05, 0.1) is 17.1 Å². The molecule has 0 saturated heterocycles. The third-order valence-corrected chi connectivity index (χ3v) is 5.78. The normalized spacial score (nSPS) is 11.5. The Bertz CT molecular complexity index is 1050. The van der Waals surface area contributed by atoms with Gasteiger partial charge < -0.3 is 0 Å². The van der Waals surface area contributed by atoms with E-state index in [4.69, 9.17) is 0 Å². The van der Waals surface area contributed by atoms with E-state index in [1.165, 1.54) is 0 Å². The molecule has 0 unspecified atom stereocenters. The monoisotopic (exact) mass is 369 g/mol. The molecule has 0 aliphatic heterocycles. The van der Waals surface area contributed by atoms with Crippen molar-refractivity contribution in [3.8, 4) is 0 Å². The molecular weight excluding hydrogens is 346 g/mol. The SMILES string of the molecule is Cc1cc(C)n(Cc2cccc(NS(=O)(=O)c3ccc(C)c(C)c3)c2)n1. The molecule has 0 radical (unpaired) electrons. The van der Waals surface area contributed by atoms with Gasteiger partial charge in [0.15, 0.2) is 0 Å². The molecule has 1 aromatic heterocycles. The van der Waals surface area contributed by atoms with Gasteiger partial charge in [-0.05, 0) is 74.7 Å². The minimum atomic E-state index is -3.62. The zero-order chi connectivity index (χ0) is 18.9. The number of anilines is 1. The largest absolute Gasteiger partial charge is 0.280 e. The quantitative estimate of drug-likeness (QED) is 0.740. The van der Waals surface area contributed by atoms with Crippen molar-refractivity contribution in [2.75, 3.05) is 4.72 Å². The highest BCUT2D eigenvalue weighted by Crippen LogP contribution is 2.20. The first-order chi connectivity index (χ1) is 12.2. The van der Waals surface area contributed by atoms with Gasteiger partial charge in [0.25, 0.3) is 10.0 Å². The lowest BCUT2D eigenvalue weighted by Crippen LogP contribution is -2.13. The van der Waals surface area contributed by atoms with Crippen molar-refractivity contribution in [1.82, 2.24) is 9.78 Å². The Labute approximate surface area is 154 Å². The average molecular weight is 369 g/mol. The van der Waals surface area contributed by atoms with E-state index in [1.54, 1.807) is 18.2 Å².